The van der Waals surface area contributed by atoms with Crippen molar-refractivity contribution in [1.82, 2.24) is 0 Å². The molecule has 14 heavy (non-hydrogen) atoms. The van der Waals surface area contributed by atoms with E-state index in [9.17, 15) is 4.21 Å². The van der Waals surface area contributed by atoms with E-state index in [0.29, 0.717) is 6.04 Å². The van der Waals surface area contributed by atoms with E-state index in [-0.39, 0.29) is 0 Å². The lowest BCUT2D eigenvalue weighted by Crippen LogP contribution is -2.29. The second kappa shape index (κ2) is 4.60. The highest BCUT2D eigenvalue weighted by molar-refractivity contribution is 7.85. The number of para-hydroxylation sites is 1. The van der Waals surface area contributed by atoms with E-state index in [2.05, 4.69) is 17.4 Å². The number of nitrogens with one attached hydrogen (secondary N) is 1. The van der Waals surface area contributed by atoms with Crippen molar-refractivity contribution in [3.05, 3.63) is 30.3 Å². The molecule has 0 aliphatic carbocycles. The Bertz CT molecular complexity index is 302. The van der Waals surface area contributed by atoms with Crippen molar-refractivity contribution in [2.45, 2.75) is 18.9 Å². The maximum Gasteiger partial charge on any atom is 0.0342 e. The van der Waals surface area contributed by atoms with Gasteiger partial charge in [0, 0.05) is 34.0 Å². The first-order chi connectivity index (χ1) is 6.84. The molecule has 0 aromatic heterocycles. The minimum Gasteiger partial charge on any atom is -0.382 e. The Labute approximate surface area is 87.2 Å². The summed E-state index contributed by atoms with van der Waals surface area (Å²) in [6, 6.07) is 10.7. The molecular formula is C11H15NOS. The topological polar surface area (TPSA) is 29.1 Å². The van der Waals surface area contributed by atoms with Crippen molar-refractivity contribution in [2.24, 2.45) is 0 Å². The molecule has 76 valence electrons. The van der Waals surface area contributed by atoms with Crippen molar-refractivity contribution in [3.8, 4) is 0 Å². The van der Waals surface area contributed by atoms with Crippen LogP contribution in [0, 0.1) is 0 Å². The Hall–Kier alpha value is -0.830. The first-order valence-electron chi connectivity index (χ1n) is 5.01. The summed E-state index contributed by atoms with van der Waals surface area (Å²) >= 11 is 0. The van der Waals surface area contributed by atoms with Crippen LogP contribution in [0.1, 0.15) is 12.8 Å². The molecule has 1 N–H and O–H groups in total. The third kappa shape index (κ3) is 2.58. The van der Waals surface area contributed by atoms with E-state index in [1.165, 1.54) is 5.69 Å². The molecule has 0 unspecified atom stereocenters. The maximum atomic E-state index is 11.1. The molecule has 1 fully saturated rings. The number of anilines is 1. The first kappa shape index (κ1) is 9.71. The van der Waals surface area contributed by atoms with Crippen LogP contribution in [-0.4, -0.2) is 21.8 Å². The Morgan fingerprint density at radius 1 is 1.14 bits per heavy atom. The zero-order valence-electron chi connectivity index (χ0n) is 8.11. The van der Waals surface area contributed by atoms with E-state index in [1.807, 2.05) is 18.2 Å². The largest absolute Gasteiger partial charge is 0.382 e. The van der Waals surface area contributed by atoms with Gasteiger partial charge in [-0.05, 0) is 25.0 Å². The molecule has 0 radical (unpaired) electrons. The lowest BCUT2D eigenvalue weighted by atomic mass is 10.1. The van der Waals surface area contributed by atoms with Gasteiger partial charge in [0.2, 0.25) is 0 Å². The molecule has 1 aliphatic heterocycles. The molecule has 1 aliphatic rings. The summed E-state index contributed by atoms with van der Waals surface area (Å²) in [6.07, 6.45) is 2.06. The van der Waals surface area contributed by atoms with Gasteiger partial charge in [-0.2, -0.15) is 0 Å². The van der Waals surface area contributed by atoms with Crippen LogP contribution in [-0.2, 0) is 10.8 Å². The third-order valence-corrected chi connectivity index (χ3v) is 3.91. The highest BCUT2D eigenvalue weighted by Gasteiger charge is 2.16. The van der Waals surface area contributed by atoms with Crippen molar-refractivity contribution >= 4 is 16.5 Å². The number of rotatable bonds is 2. The van der Waals surface area contributed by atoms with Crippen molar-refractivity contribution in [1.29, 1.82) is 0 Å². The Morgan fingerprint density at radius 2 is 1.79 bits per heavy atom. The average Bonchev–Trinajstić information content (AvgIpc) is 2.23. The van der Waals surface area contributed by atoms with Crippen LogP contribution >= 0.6 is 0 Å². The van der Waals surface area contributed by atoms with E-state index in [4.69, 9.17) is 0 Å². The zero-order valence-corrected chi connectivity index (χ0v) is 8.93. The molecule has 0 spiro atoms. The molecular weight excluding hydrogens is 194 g/mol. The first-order valence-corrected chi connectivity index (χ1v) is 6.50. The highest BCUT2D eigenvalue weighted by atomic mass is 32.2. The van der Waals surface area contributed by atoms with Crippen LogP contribution in [0.15, 0.2) is 30.3 Å². The van der Waals surface area contributed by atoms with E-state index in [0.717, 1.165) is 24.3 Å². The third-order valence-electron chi connectivity index (χ3n) is 2.53. The molecule has 0 saturated carbocycles. The summed E-state index contributed by atoms with van der Waals surface area (Å²) in [5, 5.41) is 3.47. The standard InChI is InChI=1S/C11H15NOS/c13-14-8-6-11(7-9-14)12-10-4-2-1-3-5-10/h1-5,11-12H,6-9H2. The highest BCUT2D eigenvalue weighted by Crippen LogP contribution is 2.15. The number of benzene rings is 1. The van der Waals surface area contributed by atoms with Gasteiger partial charge in [0.1, 0.15) is 0 Å². The van der Waals surface area contributed by atoms with Crippen LogP contribution in [0.25, 0.3) is 0 Å². The molecule has 3 heteroatoms. The van der Waals surface area contributed by atoms with E-state index >= 15 is 0 Å². The molecule has 1 saturated heterocycles. The second-order valence-corrected chi connectivity index (χ2v) is 5.33. The van der Waals surface area contributed by atoms with Gasteiger partial charge < -0.3 is 5.32 Å². The van der Waals surface area contributed by atoms with Crippen LogP contribution in [0.2, 0.25) is 0 Å². The van der Waals surface area contributed by atoms with E-state index < -0.39 is 10.8 Å². The molecule has 0 bridgehead atoms. The predicted molar refractivity (Wildman–Crippen MR) is 61.0 cm³/mol. The average molecular weight is 209 g/mol. The Balaban J connectivity index is 1.89. The fraction of sp³-hybridized carbons (Fsp3) is 0.455. The summed E-state index contributed by atoms with van der Waals surface area (Å²) in [4.78, 5) is 0. The number of hydrogen-bond acceptors (Lipinski definition) is 2. The van der Waals surface area contributed by atoms with Crippen molar-refractivity contribution in [3.63, 3.8) is 0 Å². The lowest BCUT2D eigenvalue weighted by molar-refractivity contribution is 0.624. The molecule has 2 nitrogen and oxygen atoms in total. The van der Waals surface area contributed by atoms with Gasteiger partial charge in [-0.3, -0.25) is 4.21 Å². The fourth-order valence-electron chi connectivity index (χ4n) is 1.71. The lowest BCUT2D eigenvalue weighted by Gasteiger charge is -2.23. The Morgan fingerprint density at radius 3 is 2.43 bits per heavy atom. The fourth-order valence-corrected chi connectivity index (χ4v) is 3.01. The van der Waals surface area contributed by atoms with Gasteiger partial charge >= 0.3 is 0 Å². The van der Waals surface area contributed by atoms with Gasteiger partial charge in [-0.15, -0.1) is 0 Å². The number of hydrogen-bond donors (Lipinski definition) is 1. The van der Waals surface area contributed by atoms with Crippen molar-refractivity contribution < 1.29 is 4.21 Å². The SMILES string of the molecule is O=S1CCC(Nc2ccccc2)CC1. The molecule has 1 aromatic rings. The summed E-state index contributed by atoms with van der Waals surface area (Å²) in [5.41, 5.74) is 1.17. The smallest absolute Gasteiger partial charge is 0.0342 e. The van der Waals surface area contributed by atoms with Gasteiger partial charge in [-0.1, -0.05) is 18.2 Å². The van der Waals surface area contributed by atoms with Crippen molar-refractivity contribution in [2.75, 3.05) is 16.8 Å². The van der Waals surface area contributed by atoms with Crippen LogP contribution < -0.4 is 5.32 Å². The summed E-state index contributed by atoms with van der Waals surface area (Å²) in [5.74, 6) is 1.70. The van der Waals surface area contributed by atoms with Crippen LogP contribution in [0.3, 0.4) is 0 Å². The summed E-state index contributed by atoms with van der Waals surface area (Å²) in [6.45, 7) is 0. The normalized spacial score (nSPS) is 27.1. The molecule has 2 rings (SSSR count). The monoisotopic (exact) mass is 209 g/mol. The van der Waals surface area contributed by atoms with Crippen LogP contribution in [0.5, 0.6) is 0 Å². The molecule has 1 heterocycles. The predicted octanol–water partition coefficient (Wildman–Crippen LogP) is 2.01. The minimum absolute atomic E-state index is 0.509. The van der Waals surface area contributed by atoms with Gasteiger partial charge in [0.15, 0.2) is 0 Å². The van der Waals surface area contributed by atoms with Crippen LogP contribution in [0.4, 0.5) is 5.69 Å². The van der Waals surface area contributed by atoms with E-state index in [1.54, 1.807) is 0 Å². The molecule has 0 atom stereocenters. The summed E-state index contributed by atoms with van der Waals surface area (Å²) < 4.78 is 11.1. The van der Waals surface area contributed by atoms with Gasteiger partial charge in [0.05, 0.1) is 0 Å². The maximum absolute atomic E-state index is 11.1. The summed E-state index contributed by atoms with van der Waals surface area (Å²) in [7, 11) is -0.559. The minimum atomic E-state index is -0.559. The van der Waals surface area contributed by atoms with Gasteiger partial charge in [-0.25, -0.2) is 0 Å². The van der Waals surface area contributed by atoms with Gasteiger partial charge in [0.25, 0.3) is 0 Å². The second-order valence-electron chi connectivity index (χ2n) is 3.63. The molecule has 0 amide bonds. The zero-order chi connectivity index (χ0) is 9.80. The Kier molecular flexibility index (Phi) is 3.19. The quantitative estimate of drug-likeness (QED) is 0.807. The molecule has 1 aromatic carbocycles.